The van der Waals surface area contributed by atoms with Crippen molar-refractivity contribution in [2.75, 3.05) is 6.54 Å². The van der Waals surface area contributed by atoms with Crippen molar-refractivity contribution in [3.63, 3.8) is 0 Å². The van der Waals surface area contributed by atoms with Crippen molar-refractivity contribution in [3.05, 3.63) is 26.6 Å². The lowest BCUT2D eigenvalue weighted by atomic mass is 10.1. The number of nitrogens with zero attached hydrogens (tertiary/aromatic N) is 1. The summed E-state index contributed by atoms with van der Waals surface area (Å²) in [5.41, 5.74) is 1.26. The SMILES string of the molecule is Oc1c(Br)cc(CN2CC3CCC2C3)cc1Br. The number of likely N-dealkylation sites (tertiary alicyclic amines) is 1. The molecule has 1 saturated heterocycles. The zero-order chi connectivity index (χ0) is 12.0. The topological polar surface area (TPSA) is 23.5 Å². The first kappa shape index (κ1) is 12.0. The molecule has 1 aromatic rings. The molecule has 2 aliphatic rings. The van der Waals surface area contributed by atoms with Gasteiger partial charge in [-0.1, -0.05) is 0 Å². The Labute approximate surface area is 118 Å². The Kier molecular flexibility index (Phi) is 3.22. The molecule has 0 spiro atoms. The van der Waals surface area contributed by atoms with E-state index < -0.39 is 0 Å². The van der Waals surface area contributed by atoms with Crippen molar-refractivity contribution in [1.29, 1.82) is 0 Å². The van der Waals surface area contributed by atoms with Crippen LogP contribution in [0.2, 0.25) is 0 Å². The number of halogens is 2. The average molecular weight is 361 g/mol. The fourth-order valence-electron chi connectivity index (χ4n) is 3.16. The van der Waals surface area contributed by atoms with Crippen LogP contribution in [0.1, 0.15) is 24.8 Å². The van der Waals surface area contributed by atoms with E-state index in [9.17, 15) is 5.11 Å². The molecule has 1 heterocycles. The Bertz CT molecular complexity index is 426. The first-order chi connectivity index (χ1) is 8.13. The highest BCUT2D eigenvalue weighted by atomic mass is 79.9. The predicted molar refractivity (Wildman–Crippen MR) is 75.0 cm³/mol. The molecule has 3 rings (SSSR count). The maximum Gasteiger partial charge on any atom is 0.143 e. The molecule has 1 N–H and O–H groups in total. The number of fused-ring (bicyclic) bond motifs is 2. The second kappa shape index (κ2) is 4.56. The van der Waals surface area contributed by atoms with Gasteiger partial charge >= 0.3 is 0 Å². The van der Waals surface area contributed by atoms with Gasteiger partial charge in [0.1, 0.15) is 5.75 Å². The molecular formula is C13H15Br2NO. The molecule has 2 nitrogen and oxygen atoms in total. The molecule has 2 atom stereocenters. The van der Waals surface area contributed by atoms with E-state index in [1.165, 1.54) is 31.4 Å². The van der Waals surface area contributed by atoms with Crippen LogP contribution in [0.25, 0.3) is 0 Å². The average Bonchev–Trinajstić information content (AvgIpc) is 2.87. The van der Waals surface area contributed by atoms with Crippen molar-refractivity contribution in [2.45, 2.75) is 31.8 Å². The lowest BCUT2D eigenvalue weighted by Gasteiger charge is -2.26. The van der Waals surface area contributed by atoms with E-state index in [2.05, 4.69) is 36.8 Å². The molecule has 1 saturated carbocycles. The van der Waals surface area contributed by atoms with Gasteiger partial charge in [-0.15, -0.1) is 0 Å². The molecule has 1 aliphatic heterocycles. The van der Waals surface area contributed by atoms with Crippen LogP contribution in [0.4, 0.5) is 0 Å². The third kappa shape index (κ3) is 2.27. The van der Waals surface area contributed by atoms with Crippen LogP contribution >= 0.6 is 31.9 Å². The number of rotatable bonds is 2. The summed E-state index contributed by atoms with van der Waals surface area (Å²) in [5, 5.41) is 9.69. The van der Waals surface area contributed by atoms with Gasteiger partial charge in [0.25, 0.3) is 0 Å². The number of benzene rings is 1. The van der Waals surface area contributed by atoms with Gasteiger partial charge in [0.2, 0.25) is 0 Å². The summed E-state index contributed by atoms with van der Waals surface area (Å²) in [7, 11) is 0. The number of hydrogen-bond donors (Lipinski definition) is 1. The minimum absolute atomic E-state index is 0.289. The van der Waals surface area contributed by atoms with E-state index >= 15 is 0 Å². The Morgan fingerprint density at radius 1 is 1.24 bits per heavy atom. The highest BCUT2D eigenvalue weighted by Crippen LogP contribution is 2.39. The summed E-state index contributed by atoms with van der Waals surface area (Å²) < 4.78 is 1.54. The lowest BCUT2D eigenvalue weighted by molar-refractivity contribution is 0.205. The number of phenolic OH excluding ortho intramolecular Hbond substituents is 1. The van der Waals surface area contributed by atoms with E-state index in [0.29, 0.717) is 0 Å². The van der Waals surface area contributed by atoms with Gasteiger partial charge in [0.15, 0.2) is 0 Å². The quantitative estimate of drug-likeness (QED) is 0.864. The Balaban J connectivity index is 1.77. The summed E-state index contributed by atoms with van der Waals surface area (Å²) in [6.07, 6.45) is 4.18. The minimum atomic E-state index is 0.289. The first-order valence-electron chi connectivity index (χ1n) is 6.04. The number of piperidine rings is 1. The maximum atomic E-state index is 9.69. The molecule has 1 aliphatic carbocycles. The Morgan fingerprint density at radius 3 is 2.47 bits per heavy atom. The largest absolute Gasteiger partial charge is 0.506 e. The van der Waals surface area contributed by atoms with Gasteiger partial charge in [0.05, 0.1) is 8.95 Å². The predicted octanol–water partition coefficient (Wildman–Crippen LogP) is 3.90. The second-order valence-corrected chi connectivity index (χ2v) is 6.88. The fraction of sp³-hybridized carbons (Fsp3) is 0.538. The van der Waals surface area contributed by atoms with Crippen molar-refractivity contribution in [3.8, 4) is 5.75 Å². The third-order valence-electron chi connectivity index (χ3n) is 3.98. The first-order valence-corrected chi connectivity index (χ1v) is 7.63. The third-order valence-corrected chi connectivity index (χ3v) is 5.19. The van der Waals surface area contributed by atoms with Crippen LogP contribution in [0.5, 0.6) is 5.75 Å². The zero-order valence-corrected chi connectivity index (χ0v) is 12.7. The van der Waals surface area contributed by atoms with E-state index in [4.69, 9.17) is 0 Å². The normalized spacial score (nSPS) is 27.9. The number of phenols is 1. The molecular weight excluding hydrogens is 346 g/mol. The molecule has 2 fully saturated rings. The van der Waals surface area contributed by atoms with E-state index in [-0.39, 0.29) is 5.75 Å². The summed E-state index contributed by atoms with van der Waals surface area (Å²) in [4.78, 5) is 2.58. The molecule has 1 aromatic carbocycles. The summed E-state index contributed by atoms with van der Waals surface area (Å²) in [5.74, 6) is 1.22. The van der Waals surface area contributed by atoms with Crippen LogP contribution in [-0.4, -0.2) is 22.6 Å². The zero-order valence-electron chi connectivity index (χ0n) is 9.50. The van der Waals surface area contributed by atoms with Crippen molar-refractivity contribution in [1.82, 2.24) is 4.90 Å². The van der Waals surface area contributed by atoms with Crippen LogP contribution in [0.3, 0.4) is 0 Å². The molecule has 92 valence electrons. The van der Waals surface area contributed by atoms with E-state index in [1.54, 1.807) is 0 Å². The van der Waals surface area contributed by atoms with Gasteiger partial charge in [-0.25, -0.2) is 0 Å². The second-order valence-electron chi connectivity index (χ2n) is 5.17. The van der Waals surface area contributed by atoms with Gasteiger partial charge < -0.3 is 5.11 Å². The molecule has 2 bridgehead atoms. The van der Waals surface area contributed by atoms with Crippen LogP contribution in [-0.2, 0) is 6.54 Å². The maximum absolute atomic E-state index is 9.69. The number of hydrogen-bond acceptors (Lipinski definition) is 2. The van der Waals surface area contributed by atoms with Gasteiger partial charge in [-0.2, -0.15) is 0 Å². The summed E-state index contributed by atoms with van der Waals surface area (Å²) >= 11 is 6.78. The molecule has 0 radical (unpaired) electrons. The van der Waals surface area contributed by atoms with E-state index in [0.717, 1.165) is 27.4 Å². The van der Waals surface area contributed by atoms with Gasteiger partial charge in [-0.05, 0) is 74.7 Å². The molecule has 4 heteroatoms. The van der Waals surface area contributed by atoms with Gasteiger partial charge in [-0.3, -0.25) is 4.90 Å². The standard InChI is InChI=1S/C13H15Br2NO/c14-11-4-9(5-12(15)13(11)17)7-16-6-8-1-2-10(16)3-8/h4-5,8,10,17H,1-3,6-7H2. The highest BCUT2D eigenvalue weighted by Gasteiger charge is 2.37. The fourth-order valence-corrected chi connectivity index (χ4v) is 4.45. The van der Waals surface area contributed by atoms with Crippen LogP contribution in [0.15, 0.2) is 21.1 Å². The molecule has 0 amide bonds. The summed E-state index contributed by atoms with van der Waals surface area (Å²) in [6.45, 7) is 2.25. The lowest BCUT2D eigenvalue weighted by Crippen LogP contribution is -2.31. The summed E-state index contributed by atoms with van der Waals surface area (Å²) in [6, 6.07) is 4.84. The minimum Gasteiger partial charge on any atom is -0.506 e. The van der Waals surface area contributed by atoms with E-state index in [1.807, 2.05) is 12.1 Å². The highest BCUT2D eigenvalue weighted by molar-refractivity contribution is 9.11. The van der Waals surface area contributed by atoms with Crippen molar-refractivity contribution < 1.29 is 5.11 Å². The Morgan fingerprint density at radius 2 is 1.94 bits per heavy atom. The van der Waals surface area contributed by atoms with Crippen molar-refractivity contribution in [2.24, 2.45) is 5.92 Å². The van der Waals surface area contributed by atoms with Crippen LogP contribution < -0.4 is 0 Å². The van der Waals surface area contributed by atoms with Crippen molar-refractivity contribution >= 4 is 31.9 Å². The van der Waals surface area contributed by atoms with Gasteiger partial charge in [0, 0.05) is 19.1 Å². The monoisotopic (exact) mass is 359 g/mol. The smallest absolute Gasteiger partial charge is 0.143 e. The molecule has 2 unspecified atom stereocenters. The van der Waals surface area contributed by atoms with Crippen LogP contribution in [0, 0.1) is 5.92 Å². The molecule has 0 aromatic heterocycles. The molecule has 17 heavy (non-hydrogen) atoms. The number of aromatic hydroxyl groups is 1. The Hall–Kier alpha value is -0.0600.